The van der Waals surface area contributed by atoms with Crippen molar-refractivity contribution in [1.29, 1.82) is 0 Å². The van der Waals surface area contributed by atoms with Gasteiger partial charge in [0.15, 0.2) is 5.11 Å². The summed E-state index contributed by atoms with van der Waals surface area (Å²) in [5, 5.41) is 3.98. The number of aryl methyl sites for hydroxylation is 1. The lowest BCUT2D eigenvalue weighted by Crippen LogP contribution is -2.29. The summed E-state index contributed by atoms with van der Waals surface area (Å²) in [6.07, 6.45) is 2.87. The Morgan fingerprint density at radius 2 is 1.70 bits per heavy atom. The van der Waals surface area contributed by atoms with Gasteiger partial charge in [0, 0.05) is 29.0 Å². The van der Waals surface area contributed by atoms with E-state index >= 15 is 0 Å². The van der Waals surface area contributed by atoms with Gasteiger partial charge in [-0.3, -0.25) is 9.71 Å². The Morgan fingerprint density at radius 3 is 2.33 bits per heavy atom. The van der Waals surface area contributed by atoms with Crippen LogP contribution in [0.2, 0.25) is 0 Å². The Morgan fingerprint density at radius 1 is 0.975 bits per heavy atom. The van der Waals surface area contributed by atoms with Crippen molar-refractivity contribution >= 4 is 38.7 Å². The quantitative estimate of drug-likeness (QED) is 0.281. The van der Waals surface area contributed by atoms with Crippen LogP contribution in [0.5, 0.6) is 11.5 Å². The second-order valence-electron chi connectivity index (χ2n) is 9.62. The van der Waals surface area contributed by atoms with E-state index in [1.165, 1.54) is 7.11 Å². The maximum absolute atomic E-state index is 12.1. The summed E-state index contributed by atoms with van der Waals surface area (Å²) in [5.41, 5.74) is 6.06. The standard InChI is InChI=1S/C29H31N5O4S2/c1-18-16-23(19(2)33(18)20-9-12-22(37-3)13-10-20)28-27(24-8-6-7-15-30-24)31-29(39)34(28)21-11-14-26(38-4)25(17-21)32-40(5,35)36/h6-17,27-28,32H,1-5H3,(H,31,39)/t27-,28-/m0/s1. The van der Waals surface area contributed by atoms with Gasteiger partial charge in [0.1, 0.15) is 11.5 Å². The van der Waals surface area contributed by atoms with E-state index in [0.717, 1.165) is 40.3 Å². The molecule has 1 fully saturated rings. The molecule has 1 saturated heterocycles. The predicted octanol–water partition coefficient (Wildman–Crippen LogP) is 5.05. The number of benzene rings is 2. The third kappa shape index (κ3) is 5.22. The van der Waals surface area contributed by atoms with Gasteiger partial charge in [0.2, 0.25) is 10.0 Å². The highest BCUT2D eigenvalue weighted by Gasteiger charge is 2.42. The lowest BCUT2D eigenvalue weighted by Gasteiger charge is -2.29. The van der Waals surface area contributed by atoms with Gasteiger partial charge in [-0.15, -0.1) is 0 Å². The number of hydrogen-bond donors (Lipinski definition) is 2. The van der Waals surface area contributed by atoms with E-state index in [0.29, 0.717) is 22.2 Å². The third-order valence-electron chi connectivity index (χ3n) is 6.97. The summed E-state index contributed by atoms with van der Waals surface area (Å²) in [6, 6.07) is 20.7. The molecule has 4 aromatic rings. The van der Waals surface area contributed by atoms with E-state index in [1.54, 1.807) is 25.4 Å². The summed E-state index contributed by atoms with van der Waals surface area (Å²) in [6.45, 7) is 4.16. The number of ether oxygens (including phenoxy) is 2. The molecule has 2 aromatic heterocycles. The van der Waals surface area contributed by atoms with Gasteiger partial charge in [0.05, 0.1) is 43.9 Å². The monoisotopic (exact) mass is 577 g/mol. The van der Waals surface area contributed by atoms with Gasteiger partial charge >= 0.3 is 0 Å². The number of nitrogens with zero attached hydrogens (tertiary/aromatic N) is 3. The molecule has 1 aliphatic heterocycles. The maximum atomic E-state index is 12.1. The SMILES string of the molecule is COc1ccc(-n2c(C)cc([C@H]3[C@H](c4ccccn4)NC(=S)N3c3ccc(OC)c(NS(C)(=O)=O)c3)c2C)cc1. The Balaban J connectivity index is 1.67. The molecule has 2 atom stereocenters. The minimum Gasteiger partial charge on any atom is -0.497 e. The largest absolute Gasteiger partial charge is 0.497 e. The lowest BCUT2D eigenvalue weighted by atomic mass is 9.96. The normalized spacial score (nSPS) is 17.0. The molecule has 0 unspecified atom stereocenters. The lowest BCUT2D eigenvalue weighted by molar-refractivity contribution is 0.414. The summed E-state index contributed by atoms with van der Waals surface area (Å²) in [5.74, 6) is 1.19. The fourth-order valence-electron chi connectivity index (χ4n) is 5.29. The molecule has 0 aliphatic carbocycles. The first kappa shape index (κ1) is 27.5. The first-order valence-corrected chi connectivity index (χ1v) is 14.9. The third-order valence-corrected chi connectivity index (χ3v) is 7.88. The van der Waals surface area contributed by atoms with Crippen LogP contribution in [-0.4, -0.2) is 43.6 Å². The van der Waals surface area contributed by atoms with Crippen molar-refractivity contribution in [2.75, 3.05) is 30.1 Å². The van der Waals surface area contributed by atoms with E-state index in [-0.39, 0.29) is 12.1 Å². The smallest absolute Gasteiger partial charge is 0.229 e. The summed E-state index contributed by atoms with van der Waals surface area (Å²) < 4.78 is 39.8. The Bertz CT molecular complexity index is 1650. The van der Waals surface area contributed by atoms with E-state index in [2.05, 4.69) is 39.5 Å². The molecule has 2 aromatic carbocycles. The number of nitrogens with one attached hydrogen (secondary N) is 2. The second-order valence-corrected chi connectivity index (χ2v) is 11.8. The van der Waals surface area contributed by atoms with E-state index < -0.39 is 10.0 Å². The minimum absolute atomic E-state index is 0.257. The fourth-order valence-corrected chi connectivity index (χ4v) is 6.19. The van der Waals surface area contributed by atoms with Crippen LogP contribution in [-0.2, 0) is 10.0 Å². The van der Waals surface area contributed by atoms with Gasteiger partial charge in [-0.25, -0.2) is 8.42 Å². The zero-order valence-corrected chi connectivity index (χ0v) is 24.5. The van der Waals surface area contributed by atoms with Crippen LogP contribution < -0.4 is 24.4 Å². The van der Waals surface area contributed by atoms with Crippen LogP contribution in [0.4, 0.5) is 11.4 Å². The molecule has 40 heavy (non-hydrogen) atoms. The van der Waals surface area contributed by atoms with Crippen molar-refractivity contribution < 1.29 is 17.9 Å². The summed E-state index contributed by atoms with van der Waals surface area (Å²) >= 11 is 5.89. The van der Waals surface area contributed by atoms with Crippen molar-refractivity contribution in [3.63, 3.8) is 0 Å². The fraction of sp³-hybridized carbons (Fsp3) is 0.241. The van der Waals surface area contributed by atoms with Gasteiger partial charge in [-0.05, 0) is 92.3 Å². The van der Waals surface area contributed by atoms with Gasteiger partial charge in [-0.1, -0.05) is 6.07 Å². The molecule has 9 nitrogen and oxygen atoms in total. The molecular weight excluding hydrogens is 546 g/mol. The molecule has 0 spiro atoms. The van der Waals surface area contributed by atoms with E-state index in [4.69, 9.17) is 21.7 Å². The number of aromatic nitrogens is 2. The summed E-state index contributed by atoms with van der Waals surface area (Å²) in [7, 11) is -0.398. The molecule has 11 heteroatoms. The molecule has 3 heterocycles. The average molecular weight is 578 g/mol. The highest BCUT2D eigenvalue weighted by molar-refractivity contribution is 7.92. The number of pyridine rings is 1. The van der Waals surface area contributed by atoms with Crippen LogP contribution in [0, 0.1) is 13.8 Å². The number of rotatable bonds is 8. The van der Waals surface area contributed by atoms with Crippen LogP contribution >= 0.6 is 12.2 Å². The molecule has 0 saturated carbocycles. The Hall–Kier alpha value is -4.09. The molecule has 1 aliphatic rings. The van der Waals surface area contributed by atoms with E-state index in [9.17, 15) is 8.42 Å². The number of hydrogen-bond acceptors (Lipinski definition) is 6. The number of methoxy groups -OCH3 is 2. The van der Waals surface area contributed by atoms with Gasteiger partial charge < -0.3 is 24.3 Å². The van der Waals surface area contributed by atoms with Crippen LogP contribution in [0.15, 0.2) is 72.9 Å². The highest BCUT2D eigenvalue weighted by Crippen LogP contribution is 2.45. The van der Waals surface area contributed by atoms with Gasteiger partial charge in [0.25, 0.3) is 0 Å². The number of anilines is 2. The molecule has 0 radical (unpaired) electrons. The van der Waals surface area contributed by atoms with E-state index in [1.807, 2.05) is 53.4 Å². The minimum atomic E-state index is -3.55. The molecule has 208 valence electrons. The van der Waals surface area contributed by atoms with Crippen molar-refractivity contribution in [1.82, 2.24) is 14.9 Å². The maximum Gasteiger partial charge on any atom is 0.229 e. The first-order chi connectivity index (χ1) is 19.1. The van der Waals surface area contributed by atoms with Crippen LogP contribution in [0.3, 0.4) is 0 Å². The van der Waals surface area contributed by atoms with Crippen molar-refractivity contribution in [2.45, 2.75) is 25.9 Å². The van der Waals surface area contributed by atoms with Crippen molar-refractivity contribution in [2.24, 2.45) is 0 Å². The Labute approximate surface area is 239 Å². The topological polar surface area (TPSA) is 97.7 Å². The summed E-state index contributed by atoms with van der Waals surface area (Å²) in [4.78, 5) is 6.66. The molecule has 0 amide bonds. The predicted molar refractivity (Wildman–Crippen MR) is 161 cm³/mol. The number of sulfonamides is 1. The molecular formula is C29H31N5O4S2. The molecule has 0 bridgehead atoms. The zero-order valence-electron chi connectivity index (χ0n) is 22.9. The zero-order chi connectivity index (χ0) is 28.6. The van der Waals surface area contributed by atoms with Crippen molar-refractivity contribution in [3.8, 4) is 17.2 Å². The molecule has 2 N–H and O–H groups in total. The van der Waals surface area contributed by atoms with Crippen LogP contribution in [0.1, 0.15) is 34.7 Å². The first-order valence-electron chi connectivity index (χ1n) is 12.6. The highest BCUT2D eigenvalue weighted by atomic mass is 32.2. The van der Waals surface area contributed by atoms with Gasteiger partial charge in [-0.2, -0.15) is 0 Å². The number of thiocarbonyl (C=S) groups is 1. The van der Waals surface area contributed by atoms with Crippen LogP contribution in [0.25, 0.3) is 5.69 Å². The van der Waals surface area contributed by atoms with Crippen molar-refractivity contribution in [3.05, 3.63) is 95.6 Å². The Kier molecular flexibility index (Phi) is 7.43. The average Bonchev–Trinajstić information content (AvgIpc) is 3.43. The second kappa shape index (κ2) is 10.8. The molecule has 5 rings (SSSR count).